The Labute approximate surface area is 181 Å². The van der Waals surface area contributed by atoms with E-state index in [2.05, 4.69) is 10.00 Å². The number of carbonyl (C=O) groups is 1. The first kappa shape index (κ1) is 20.2. The first-order chi connectivity index (χ1) is 15.1. The molecule has 0 radical (unpaired) electrons. The van der Waals surface area contributed by atoms with Gasteiger partial charge in [-0.05, 0) is 18.9 Å². The number of carbonyl (C=O) groups excluding carboxylic acids is 1. The van der Waals surface area contributed by atoms with Gasteiger partial charge in [0.15, 0.2) is 5.82 Å². The van der Waals surface area contributed by atoms with Crippen molar-refractivity contribution in [2.45, 2.75) is 38.1 Å². The Morgan fingerprint density at radius 3 is 2.90 bits per heavy atom. The molecule has 5 heterocycles. The van der Waals surface area contributed by atoms with E-state index >= 15 is 0 Å². The van der Waals surface area contributed by atoms with Crippen molar-refractivity contribution in [3.63, 3.8) is 0 Å². The van der Waals surface area contributed by atoms with Crippen molar-refractivity contribution >= 4 is 11.9 Å². The maximum absolute atomic E-state index is 13.7. The van der Waals surface area contributed by atoms with Crippen LogP contribution >= 0.6 is 0 Å². The van der Waals surface area contributed by atoms with Crippen molar-refractivity contribution in [3.8, 4) is 0 Å². The third-order valence-electron chi connectivity index (χ3n) is 6.82. The van der Waals surface area contributed by atoms with E-state index in [9.17, 15) is 9.59 Å². The minimum Gasteiger partial charge on any atom is -0.380 e. The van der Waals surface area contributed by atoms with E-state index in [1.165, 1.54) is 0 Å². The maximum Gasteiger partial charge on any atom is 0.251 e. The fraction of sp³-hybridized carbons (Fsp3) is 0.636. The summed E-state index contributed by atoms with van der Waals surface area (Å²) >= 11 is 0. The third-order valence-corrected chi connectivity index (χ3v) is 6.82. The van der Waals surface area contributed by atoms with Gasteiger partial charge in [0.25, 0.3) is 5.56 Å². The first-order valence-corrected chi connectivity index (χ1v) is 11.3. The van der Waals surface area contributed by atoms with E-state index in [0.29, 0.717) is 32.8 Å². The number of pyridine rings is 1. The van der Waals surface area contributed by atoms with Crippen LogP contribution in [0.25, 0.3) is 0 Å². The molecule has 5 rings (SSSR count). The predicted molar refractivity (Wildman–Crippen MR) is 115 cm³/mol. The van der Waals surface area contributed by atoms with Gasteiger partial charge in [0, 0.05) is 69.9 Å². The molecule has 2 aromatic heterocycles. The average Bonchev–Trinajstić information content (AvgIpc) is 2.96. The molecule has 3 aliphatic heterocycles. The van der Waals surface area contributed by atoms with E-state index in [4.69, 9.17) is 9.72 Å². The third kappa shape index (κ3) is 3.54. The molecule has 0 saturated carbocycles. The molecule has 2 bridgehead atoms. The second kappa shape index (κ2) is 8.11. The van der Waals surface area contributed by atoms with Crippen LogP contribution in [0.5, 0.6) is 0 Å². The van der Waals surface area contributed by atoms with Gasteiger partial charge in [0.2, 0.25) is 11.9 Å². The van der Waals surface area contributed by atoms with Gasteiger partial charge in [-0.2, -0.15) is 10.1 Å². The number of hydrogen-bond donors (Lipinski definition) is 0. The minimum absolute atomic E-state index is 0.0394. The molecule has 0 aliphatic carbocycles. The fourth-order valence-electron chi connectivity index (χ4n) is 5.42. The summed E-state index contributed by atoms with van der Waals surface area (Å²) in [5.41, 5.74) is 0.868. The molecule has 3 aliphatic rings. The number of aromatic nitrogens is 4. The zero-order valence-electron chi connectivity index (χ0n) is 18.2. The van der Waals surface area contributed by atoms with Crippen molar-refractivity contribution in [1.82, 2.24) is 24.2 Å². The molecular formula is C22H30N6O3. The summed E-state index contributed by atoms with van der Waals surface area (Å²) in [4.78, 5) is 35.5. The smallest absolute Gasteiger partial charge is 0.251 e. The van der Waals surface area contributed by atoms with Crippen molar-refractivity contribution in [2.75, 3.05) is 44.3 Å². The Morgan fingerprint density at radius 2 is 2.10 bits per heavy atom. The van der Waals surface area contributed by atoms with Gasteiger partial charge >= 0.3 is 0 Å². The molecule has 0 N–H and O–H groups in total. The molecule has 2 fully saturated rings. The van der Waals surface area contributed by atoms with Crippen molar-refractivity contribution in [1.29, 1.82) is 0 Å². The van der Waals surface area contributed by atoms with Crippen LogP contribution in [0.2, 0.25) is 0 Å². The number of nitrogens with zero attached hydrogens (tertiary/aromatic N) is 6. The van der Waals surface area contributed by atoms with E-state index in [0.717, 1.165) is 43.3 Å². The van der Waals surface area contributed by atoms with Crippen LogP contribution in [0.1, 0.15) is 43.2 Å². The van der Waals surface area contributed by atoms with Crippen LogP contribution in [0.3, 0.4) is 0 Å². The van der Waals surface area contributed by atoms with Gasteiger partial charge in [-0.15, -0.1) is 0 Å². The summed E-state index contributed by atoms with van der Waals surface area (Å²) in [5, 5.41) is 4.51. The number of aryl methyl sites for hydroxylation is 2. The monoisotopic (exact) mass is 426 g/mol. The first-order valence-electron chi connectivity index (χ1n) is 11.3. The zero-order chi connectivity index (χ0) is 21.5. The standard InChI is InChI=1S/C22H30N6O3/c1-3-18-23-22(25(2)24-18)27-13-15-12-16(14-27)20(28-17(15)6-4-7-19(28)29)21(30)26-8-5-10-31-11-9-26/h4,6-7,15-16,20H,3,5,8-14H2,1-2H3/t15-,16+,20+/m0/s1. The zero-order valence-corrected chi connectivity index (χ0v) is 18.2. The topological polar surface area (TPSA) is 85.5 Å². The predicted octanol–water partition coefficient (Wildman–Crippen LogP) is 0.953. The molecule has 3 atom stereocenters. The van der Waals surface area contributed by atoms with Crippen molar-refractivity contribution in [2.24, 2.45) is 13.0 Å². The Morgan fingerprint density at radius 1 is 1.23 bits per heavy atom. The van der Waals surface area contributed by atoms with E-state index in [1.807, 2.05) is 35.7 Å². The van der Waals surface area contributed by atoms with Crippen molar-refractivity contribution < 1.29 is 9.53 Å². The van der Waals surface area contributed by atoms with Crippen LogP contribution in [0.15, 0.2) is 23.0 Å². The van der Waals surface area contributed by atoms with Gasteiger partial charge in [-0.1, -0.05) is 13.0 Å². The quantitative estimate of drug-likeness (QED) is 0.727. The summed E-state index contributed by atoms with van der Waals surface area (Å²) in [6.45, 7) is 5.99. The molecule has 1 amide bonds. The number of rotatable bonds is 3. The SMILES string of the molecule is CCc1nc(N2C[C@@H]3C[C@H](C2)[C@H](C(=O)N2CCCOCC2)n2c3cccc2=O)n(C)n1. The highest BCUT2D eigenvalue weighted by Gasteiger charge is 2.45. The van der Waals surface area contributed by atoms with Gasteiger partial charge in [-0.3, -0.25) is 14.2 Å². The van der Waals surface area contributed by atoms with Crippen LogP contribution < -0.4 is 10.5 Å². The normalized spacial score (nSPS) is 25.8. The summed E-state index contributed by atoms with van der Waals surface area (Å²) in [5.74, 6) is 1.93. The lowest BCUT2D eigenvalue weighted by Gasteiger charge is -2.47. The maximum atomic E-state index is 13.7. The summed E-state index contributed by atoms with van der Waals surface area (Å²) < 4.78 is 9.16. The lowest BCUT2D eigenvalue weighted by molar-refractivity contribution is -0.137. The molecule has 166 valence electrons. The highest BCUT2D eigenvalue weighted by atomic mass is 16.5. The highest BCUT2D eigenvalue weighted by Crippen LogP contribution is 2.42. The molecule has 2 aromatic rings. The van der Waals surface area contributed by atoms with E-state index in [-0.39, 0.29) is 23.3 Å². The molecule has 2 saturated heterocycles. The summed E-state index contributed by atoms with van der Waals surface area (Å²) in [6, 6.07) is 4.90. The second-order valence-electron chi connectivity index (χ2n) is 8.80. The number of anilines is 1. The number of ether oxygens (including phenoxy) is 1. The molecule has 9 nitrogen and oxygen atoms in total. The Hall–Kier alpha value is -2.68. The van der Waals surface area contributed by atoms with Gasteiger partial charge in [0.1, 0.15) is 6.04 Å². The lowest BCUT2D eigenvalue weighted by Crippen LogP contribution is -2.54. The average molecular weight is 427 g/mol. The number of hydrogen-bond acceptors (Lipinski definition) is 6. The molecular weight excluding hydrogens is 396 g/mol. The Kier molecular flexibility index (Phi) is 5.29. The highest BCUT2D eigenvalue weighted by molar-refractivity contribution is 5.81. The van der Waals surface area contributed by atoms with Crippen LogP contribution in [-0.2, 0) is 23.0 Å². The summed E-state index contributed by atoms with van der Waals surface area (Å²) in [7, 11) is 1.92. The van der Waals surface area contributed by atoms with E-state index < -0.39 is 6.04 Å². The van der Waals surface area contributed by atoms with Crippen molar-refractivity contribution in [3.05, 3.63) is 40.1 Å². The molecule has 0 spiro atoms. The van der Waals surface area contributed by atoms with Gasteiger partial charge in [0.05, 0.1) is 6.61 Å². The summed E-state index contributed by atoms with van der Waals surface area (Å²) in [6.07, 6.45) is 2.51. The number of amides is 1. The number of piperidine rings is 1. The fourth-order valence-corrected chi connectivity index (χ4v) is 5.42. The largest absolute Gasteiger partial charge is 0.380 e. The molecule has 9 heteroatoms. The second-order valence-corrected chi connectivity index (χ2v) is 8.80. The molecule has 0 aromatic carbocycles. The van der Waals surface area contributed by atoms with Crippen LogP contribution in [-0.4, -0.2) is 69.5 Å². The van der Waals surface area contributed by atoms with Crippen LogP contribution in [0.4, 0.5) is 5.95 Å². The van der Waals surface area contributed by atoms with Crippen LogP contribution in [0, 0.1) is 5.92 Å². The Bertz CT molecular complexity index is 1020. The van der Waals surface area contributed by atoms with Gasteiger partial charge in [-0.25, -0.2) is 4.68 Å². The minimum atomic E-state index is -0.486. The Balaban J connectivity index is 1.53. The van der Waals surface area contributed by atoms with Gasteiger partial charge < -0.3 is 14.5 Å². The van der Waals surface area contributed by atoms with E-state index in [1.54, 1.807) is 10.6 Å². The molecule has 31 heavy (non-hydrogen) atoms. The molecule has 0 unspecified atom stereocenters. The number of fused-ring (bicyclic) bond motifs is 4. The lowest BCUT2D eigenvalue weighted by atomic mass is 9.78.